The largest absolute Gasteiger partial charge is 0.748 e. The highest BCUT2D eigenvalue weighted by molar-refractivity contribution is 9.10. The average Bonchev–Trinajstić information content (AvgIpc) is 2.39. The summed E-state index contributed by atoms with van der Waals surface area (Å²) in [6, 6.07) is 0. The fraction of sp³-hybridized carbons (Fsp3) is 0.900. The summed E-state index contributed by atoms with van der Waals surface area (Å²) in [6.07, 6.45) is 1.33. The van der Waals surface area contributed by atoms with E-state index in [0.717, 1.165) is 6.42 Å². The van der Waals surface area contributed by atoms with Gasteiger partial charge in [-0.1, -0.05) is 29.8 Å². The molecule has 0 unspecified atom stereocenters. The predicted molar refractivity (Wildman–Crippen MR) is 61.2 cm³/mol. The molecule has 0 amide bonds. The first-order valence-electron chi connectivity index (χ1n) is 5.24. The molecule has 3 atom stereocenters. The molecule has 0 heterocycles. The van der Waals surface area contributed by atoms with Crippen molar-refractivity contribution in [2.45, 2.75) is 31.5 Å². The molecule has 4 nitrogen and oxygen atoms in total. The van der Waals surface area contributed by atoms with Crippen molar-refractivity contribution in [2.24, 2.45) is 16.7 Å². The second-order valence-electron chi connectivity index (χ2n) is 5.42. The van der Waals surface area contributed by atoms with Gasteiger partial charge in [-0.05, 0) is 24.2 Å². The van der Waals surface area contributed by atoms with Crippen LogP contribution >= 0.6 is 15.9 Å². The molecule has 2 fully saturated rings. The summed E-state index contributed by atoms with van der Waals surface area (Å²) < 4.78 is 33.0. The molecule has 2 aliphatic rings. The van der Waals surface area contributed by atoms with Gasteiger partial charge < -0.3 is 4.55 Å². The topological polar surface area (TPSA) is 74.3 Å². The zero-order chi connectivity index (χ0) is 12.4. The fourth-order valence-electron chi connectivity index (χ4n) is 3.47. The maximum Gasteiger partial charge on any atom is 0.154 e. The standard InChI is InChI=1S/C10H15BrO4S/c1-9(2)6-3-4-10(9,5-16(13,14)15)8(12)7(6)11/h6-7H,3-5H2,1-2H3,(H,13,14,15)/p-1/t6-,7+,10+/m0/s1. The first kappa shape index (κ1) is 12.5. The van der Waals surface area contributed by atoms with Crippen LogP contribution in [0.1, 0.15) is 26.7 Å². The lowest BCUT2D eigenvalue weighted by Gasteiger charge is -2.36. The van der Waals surface area contributed by atoms with Crippen LogP contribution in [-0.4, -0.2) is 29.3 Å². The Hall–Kier alpha value is 0.0600. The zero-order valence-corrected chi connectivity index (χ0v) is 11.6. The fourth-order valence-corrected chi connectivity index (χ4v) is 6.10. The second-order valence-corrected chi connectivity index (χ2v) is 7.81. The van der Waals surface area contributed by atoms with Gasteiger partial charge in [-0.15, -0.1) is 0 Å². The van der Waals surface area contributed by atoms with Crippen molar-refractivity contribution < 1.29 is 17.8 Å². The minimum Gasteiger partial charge on any atom is -0.748 e. The molecular formula is C10H14BrO4S-. The predicted octanol–water partition coefficient (Wildman–Crippen LogP) is 1.30. The molecule has 0 radical (unpaired) electrons. The van der Waals surface area contributed by atoms with E-state index in [0.29, 0.717) is 6.42 Å². The summed E-state index contributed by atoms with van der Waals surface area (Å²) in [4.78, 5) is 11.8. The van der Waals surface area contributed by atoms with Crippen LogP contribution < -0.4 is 0 Å². The molecule has 2 bridgehead atoms. The summed E-state index contributed by atoms with van der Waals surface area (Å²) in [5.74, 6) is -0.514. The van der Waals surface area contributed by atoms with Crippen LogP contribution in [-0.2, 0) is 14.9 Å². The maximum atomic E-state index is 12.1. The van der Waals surface area contributed by atoms with E-state index in [1.54, 1.807) is 0 Å². The van der Waals surface area contributed by atoms with Gasteiger partial charge in [0.2, 0.25) is 0 Å². The number of rotatable bonds is 2. The number of hydrogen-bond acceptors (Lipinski definition) is 4. The zero-order valence-electron chi connectivity index (χ0n) is 9.20. The molecular weight excluding hydrogens is 296 g/mol. The number of ketones is 1. The van der Waals surface area contributed by atoms with Crippen LogP contribution in [0.15, 0.2) is 0 Å². The minimum absolute atomic E-state index is 0.104. The van der Waals surface area contributed by atoms with E-state index >= 15 is 0 Å². The van der Waals surface area contributed by atoms with E-state index in [1.165, 1.54) is 0 Å². The van der Waals surface area contributed by atoms with Crippen molar-refractivity contribution >= 4 is 31.8 Å². The van der Waals surface area contributed by atoms with Gasteiger partial charge in [0.05, 0.1) is 20.7 Å². The molecule has 0 N–H and O–H groups in total. The van der Waals surface area contributed by atoms with Crippen molar-refractivity contribution in [3.05, 3.63) is 0 Å². The molecule has 92 valence electrons. The third-order valence-electron chi connectivity index (χ3n) is 4.54. The Morgan fingerprint density at radius 2 is 2.06 bits per heavy atom. The van der Waals surface area contributed by atoms with Crippen molar-refractivity contribution in [1.29, 1.82) is 0 Å². The van der Waals surface area contributed by atoms with E-state index in [4.69, 9.17) is 0 Å². The lowest BCUT2D eigenvalue weighted by molar-refractivity contribution is -0.127. The summed E-state index contributed by atoms with van der Waals surface area (Å²) in [5.41, 5.74) is -1.37. The SMILES string of the molecule is CC1(C)[C@H]2CC[C@@]1(CS(=O)(=O)[O-])C(=O)[C@@H]2Br. The highest BCUT2D eigenvalue weighted by Gasteiger charge is 2.68. The molecule has 6 heteroatoms. The first-order valence-corrected chi connectivity index (χ1v) is 7.73. The lowest BCUT2D eigenvalue weighted by atomic mass is 9.70. The molecule has 2 aliphatic carbocycles. The van der Waals surface area contributed by atoms with Gasteiger partial charge in [-0.3, -0.25) is 4.79 Å². The molecule has 0 aromatic carbocycles. The highest BCUT2D eigenvalue weighted by atomic mass is 79.9. The summed E-state index contributed by atoms with van der Waals surface area (Å²) in [5, 5.41) is 0. The lowest BCUT2D eigenvalue weighted by Crippen LogP contribution is -2.43. The van der Waals surface area contributed by atoms with Gasteiger partial charge in [0.15, 0.2) is 5.78 Å². The molecule has 0 aromatic heterocycles. The smallest absolute Gasteiger partial charge is 0.154 e. The average molecular weight is 310 g/mol. The molecule has 16 heavy (non-hydrogen) atoms. The van der Waals surface area contributed by atoms with Gasteiger partial charge in [0, 0.05) is 5.41 Å². The molecule has 0 spiro atoms. The van der Waals surface area contributed by atoms with E-state index in [2.05, 4.69) is 15.9 Å². The summed E-state index contributed by atoms with van der Waals surface area (Å²) in [7, 11) is -4.37. The van der Waals surface area contributed by atoms with E-state index in [1.807, 2.05) is 13.8 Å². The minimum atomic E-state index is -4.37. The first-order chi connectivity index (χ1) is 7.12. The maximum absolute atomic E-state index is 12.1. The van der Waals surface area contributed by atoms with E-state index < -0.39 is 26.7 Å². The van der Waals surface area contributed by atoms with Gasteiger partial charge in [0.25, 0.3) is 0 Å². The van der Waals surface area contributed by atoms with Crippen LogP contribution in [0.3, 0.4) is 0 Å². The van der Waals surface area contributed by atoms with Crippen LogP contribution in [0.5, 0.6) is 0 Å². The molecule has 2 rings (SSSR count). The highest BCUT2D eigenvalue weighted by Crippen LogP contribution is 2.65. The molecule has 0 saturated heterocycles. The second kappa shape index (κ2) is 3.29. The monoisotopic (exact) mass is 309 g/mol. The molecule has 0 aliphatic heterocycles. The number of Topliss-reactive ketones (excluding diaryl/α,β-unsaturated/α-hetero) is 1. The third kappa shape index (κ3) is 1.42. The molecule has 0 aromatic rings. The Kier molecular flexibility index (Phi) is 2.58. The summed E-state index contributed by atoms with van der Waals surface area (Å²) >= 11 is 3.33. The Morgan fingerprint density at radius 1 is 1.50 bits per heavy atom. The van der Waals surface area contributed by atoms with Crippen LogP contribution in [0.25, 0.3) is 0 Å². The number of carbonyl (C=O) groups excluding carboxylic acids is 1. The third-order valence-corrected chi connectivity index (χ3v) is 6.44. The van der Waals surface area contributed by atoms with Gasteiger partial charge in [-0.2, -0.15) is 0 Å². The Balaban J connectivity index is 2.50. The Morgan fingerprint density at radius 3 is 2.44 bits per heavy atom. The van der Waals surface area contributed by atoms with Gasteiger partial charge in [0.1, 0.15) is 0 Å². The van der Waals surface area contributed by atoms with Crippen molar-refractivity contribution in [3.63, 3.8) is 0 Å². The quantitative estimate of drug-likeness (QED) is 0.569. The summed E-state index contributed by atoms with van der Waals surface area (Å²) in [6.45, 7) is 3.80. The van der Waals surface area contributed by atoms with Crippen LogP contribution in [0, 0.1) is 16.7 Å². The van der Waals surface area contributed by atoms with Crippen LogP contribution in [0.2, 0.25) is 0 Å². The normalized spacial score (nSPS) is 41.6. The van der Waals surface area contributed by atoms with E-state index in [9.17, 15) is 17.8 Å². The van der Waals surface area contributed by atoms with Crippen molar-refractivity contribution in [3.8, 4) is 0 Å². The Bertz CT molecular complexity index is 442. The number of hydrogen-bond donors (Lipinski definition) is 0. The van der Waals surface area contributed by atoms with Gasteiger partial charge in [-0.25, -0.2) is 8.42 Å². The number of fused-ring (bicyclic) bond motifs is 2. The molecule has 2 saturated carbocycles. The van der Waals surface area contributed by atoms with Crippen molar-refractivity contribution in [1.82, 2.24) is 0 Å². The number of halogens is 1. The number of alkyl halides is 1. The Labute approximate surface area is 104 Å². The van der Waals surface area contributed by atoms with Gasteiger partial charge >= 0.3 is 0 Å². The van der Waals surface area contributed by atoms with Crippen molar-refractivity contribution in [2.75, 3.05) is 5.75 Å². The number of carbonyl (C=O) groups is 1. The van der Waals surface area contributed by atoms with E-state index in [-0.39, 0.29) is 16.5 Å². The van der Waals surface area contributed by atoms with Crippen LogP contribution in [0.4, 0.5) is 0 Å².